The van der Waals surface area contributed by atoms with Crippen molar-refractivity contribution in [3.05, 3.63) is 42.9 Å². The molecule has 1 aliphatic heterocycles. The van der Waals surface area contributed by atoms with Crippen molar-refractivity contribution in [1.82, 2.24) is 9.55 Å². The molecule has 4 rings (SSSR count). The Bertz CT molecular complexity index is 737. The summed E-state index contributed by atoms with van der Waals surface area (Å²) in [6.07, 6.45) is 7.77. The molecule has 16 heavy (non-hydrogen) atoms. The lowest BCUT2D eigenvalue weighted by molar-refractivity contribution is 1.25. The fourth-order valence-electron chi connectivity index (χ4n) is 2.42. The number of hydrogen-bond acceptors (Lipinski definition) is 2. The molecule has 0 aliphatic carbocycles. The molecule has 0 radical (unpaired) electrons. The number of pyridine rings is 1. The van der Waals surface area contributed by atoms with Gasteiger partial charge in [0, 0.05) is 35.6 Å². The van der Waals surface area contributed by atoms with Crippen LogP contribution in [0.4, 0.5) is 5.69 Å². The first-order valence-corrected chi connectivity index (χ1v) is 5.25. The predicted molar refractivity (Wildman–Crippen MR) is 66.2 cm³/mol. The minimum Gasteiger partial charge on any atom is -0.359 e. The van der Waals surface area contributed by atoms with E-state index in [0.717, 1.165) is 5.69 Å². The summed E-state index contributed by atoms with van der Waals surface area (Å²) in [6.45, 7) is 0. The van der Waals surface area contributed by atoms with Crippen LogP contribution in [0.1, 0.15) is 0 Å². The summed E-state index contributed by atoms with van der Waals surface area (Å²) in [5.41, 5.74) is 3.58. The Labute approximate surface area is 92.0 Å². The molecule has 0 bridgehead atoms. The molecule has 2 aromatic heterocycles. The Morgan fingerprint density at radius 1 is 1.12 bits per heavy atom. The molecule has 0 amide bonds. The van der Waals surface area contributed by atoms with Crippen LogP contribution in [0.25, 0.3) is 28.0 Å². The summed E-state index contributed by atoms with van der Waals surface area (Å²) in [5.74, 6) is 0. The molecule has 3 nitrogen and oxygen atoms in total. The van der Waals surface area contributed by atoms with Crippen LogP contribution in [-0.2, 0) is 0 Å². The van der Waals surface area contributed by atoms with E-state index in [1.54, 1.807) is 0 Å². The van der Waals surface area contributed by atoms with Crippen molar-refractivity contribution in [3.8, 4) is 0 Å². The van der Waals surface area contributed by atoms with E-state index < -0.39 is 0 Å². The van der Waals surface area contributed by atoms with Gasteiger partial charge in [-0.1, -0.05) is 12.1 Å². The van der Waals surface area contributed by atoms with Gasteiger partial charge in [0.25, 0.3) is 0 Å². The van der Waals surface area contributed by atoms with Crippen molar-refractivity contribution in [3.63, 3.8) is 0 Å². The monoisotopic (exact) mass is 207 g/mol. The van der Waals surface area contributed by atoms with Gasteiger partial charge in [0.1, 0.15) is 0 Å². The lowest BCUT2D eigenvalue weighted by Gasteiger charge is -2.11. The zero-order valence-corrected chi connectivity index (χ0v) is 8.51. The number of para-hydroxylation sites is 1. The van der Waals surface area contributed by atoms with Crippen LogP contribution >= 0.6 is 0 Å². The number of aromatic nitrogens is 2. The lowest BCUT2D eigenvalue weighted by atomic mass is 10.2. The fourth-order valence-corrected chi connectivity index (χ4v) is 2.42. The topological polar surface area (TPSA) is 29.9 Å². The average Bonchev–Trinajstić information content (AvgIpc) is 2.68. The maximum Gasteiger partial charge on any atom is 0.0772 e. The highest BCUT2D eigenvalue weighted by Crippen LogP contribution is 2.34. The number of anilines is 1. The number of benzene rings is 1. The van der Waals surface area contributed by atoms with Crippen LogP contribution in [0.3, 0.4) is 0 Å². The van der Waals surface area contributed by atoms with Crippen LogP contribution < -0.4 is 5.32 Å². The predicted octanol–water partition coefficient (Wildman–Crippen LogP) is 3.04. The number of hydrogen-bond donors (Lipinski definition) is 1. The fraction of sp³-hybridized carbons (Fsp3) is 0. The molecule has 0 spiro atoms. The molecule has 3 heteroatoms. The van der Waals surface area contributed by atoms with E-state index in [4.69, 9.17) is 0 Å². The Hall–Kier alpha value is -2.29. The Morgan fingerprint density at radius 2 is 2.12 bits per heavy atom. The summed E-state index contributed by atoms with van der Waals surface area (Å²) >= 11 is 0. The van der Waals surface area contributed by atoms with Crippen molar-refractivity contribution in [2.24, 2.45) is 0 Å². The van der Waals surface area contributed by atoms with E-state index in [1.807, 2.05) is 18.6 Å². The van der Waals surface area contributed by atoms with Gasteiger partial charge in [0.05, 0.1) is 16.7 Å². The van der Waals surface area contributed by atoms with Gasteiger partial charge in [-0.3, -0.25) is 4.98 Å². The number of fused-ring (bicyclic) bond motifs is 3. The van der Waals surface area contributed by atoms with E-state index in [-0.39, 0.29) is 0 Å². The lowest BCUT2D eigenvalue weighted by Crippen LogP contribution is -1.98. The smallest absolute Gasteiger partial charge is 0.0772 e. The Kier molecular flexibility index (Phi) is 1.31. The molecule has 0 saturated heterocycles. The standard InChI is InChI=1S/C13H9N3/c1-2-9-10-8-14-5-4-12(10)16-7-6-15-11(3-1)13(9)16/h1-8,15H. The van der Waals surface area contributed by atoms with Gasteiger partial charge in [-0.05, 0) is 12.1 Å². The molecular formula is C13H9N3. The molecule has 0 unspecified atom stereocenters. The quantitative estimate of drug-likeness (QED) is 0.614. The Balaban J connectivity index is 2.40. The largest absolute Gasteiger partial charge is 0.359 e. The van der Waals surface area contributed by atoms with E-state index in [2.05, 4.69) is 45.3 Å². The molecule has 1 aromatic carbocycles. The van der Waals surface area contributed by atoms with E-state index in [9.17, 15) is 0 Å². The summed E-state index contributed by atoms with van der Waals surface area (Å²) in [5, 5.41) is 5.72. The van der Waals surface area contributed by atoms with E-state index >= 15 is 0 Å². The maximum atomic E-state index is 4.20. The van der Waals surface area contributed by atoms with Crippen molar-refractivity contribution in [2.75, 3.05) is 5.32 Å². The summed E-state index contributed by atoms with van der Waals surface area (Å²) in [7, 11) is 0. The minimum absolute atomic E-state index is 1.15. The Morgan fingerprint density at radius 3 is 3.12 bits per heavy atom. The molecule has 0 fully saturated rings. The minimum atomic E-state index is 1.15. The van der Waals surface area contributed by atoms with Crippen molar-refractivity contribution < 1.29 is 0 Å². The second-order valence-corrected chi connectivity index (χ2v) is 3.92. The maximum absolute atomic E-state index is 4.20. The van der Waals surface area contributed by atoms with Gasteiger partial charge in [0.15, 0.2) is 0 Å². The van der Waals surface area contributed by atoms with Crippen molar-refractivity contribution >= 4 is 33.7 Å². The van der Waals surface area contributed by atoms with Gasteiger partial charge < -0.3 is 9.88 Å². The first-order valence-electron chi connectivity index (χ1n) is 5.25. The SMILES string of the molecule is C1=Cn2c3ccncc3c3cccc(c32)N1. The number of rotatable bonds is 0. The van der Waals surface area contributed by atoms with Gasteiger partial charge in [-0.25, -0.2) is 0 Å². The molecule has 1 N–H and O–H groups in total. The first kappa shape index (κ1) is 7.93. The summed E-state index contributed by atoms with van der Waals surface area (Å²) < 4.78 is 2.21. The number of nitrogens with zero attached hydrogens (tertiary/aromatic N) is 2. The third-order valence-corrected chi connectivity index (χ3v) is 3.09. The van der Waals surface area contributed by atoms with E-state index in [0.29, 0.717) is 0 Å². The molecule has 3 aromatic rings. The number of nitrogens with one attached hydrogen (secondary N) is 1. The summed E-state index contributed by atoms with van der Waals surface area (Å²) in [4.78, 5) is 4.20. The highest BCUT2D eigenvalue weighted by atomic mass is 15.0. The molecule has 0 atom stereocenters. The van der Waals surface area contributed by atoms with Crippen LogP contribution in [0.5, 0.6) is 0 Å². The van der Waals surface area contributed by atoms with Gasteiger partial charge in [-0.2, -0.15) is 0 Å². The van der Waals surface area contributed by atoms with Gasteiger partial charge in [0.2, 0.25) is 0 Å². The zero-order valence-electron chi connectivity index (χ0n) is 8.51. The second-order valence-electron chi connectivity index (χ2n) is 3.92. The highest BCUT2D eigenvalue weighted by molar-refractivity contribution is 6.13. The summed E-state index contributed by atoms with van der Waals surface area (Å²) in [6, 6.07) is 8.35. The van der Waals surface area contributed by atoms with Gasteiger partial charge in [-0.15, -0.1) is 0 Å². The normalized spacial score (nSPS) is 13.2. The molecule has 3 heterocycles. The molecule has 1 aliphatic rings. The third kappa shape index (κ3) is 0.810. The molecule has 0 saturated carbocycles. The second kappa shape index (κ2) is 2.64. The molecular weight excluding hydrogens is 198 g/mol. The third-order valence-electron chi connectivity index (χ3n) is 3.09. The zero-order chi connectivity index (χ0) is 10.5. The average molecular weight is 207 g/mol. The van der Waals surface area contributed by atoms with Crippen LogP contribution in [0, 0.1) is 0 Å². The van der Waals surface area contributed by atoms with Gasteiger partial charge >= 0.3 is 0 Å². The van der Waals surface area contributed by atoms with Crippen molar-refractivity contribution in [1.29, 1.82) is 0 Å². The van der Waals surface area contributed by atoms with Crippen molar-refractivity contribution in [2.45, 2.75) is 0 Å². The molecule has 76 valence electrons. The van der Waals surface area contributed by atoms with Crippen LogP contribution in [0.2, 0.25) is 0 Å². The highest BCUT2D eigenvalue weighted by Gasteiger charge is 2.13. The first-order chi connectivity index (χ1) is 7.95. The van der Waals surface area contributed by atoms with E-state index in [1.165, 1.54) is 21.8 Å². The van der Waals surface area contributed by atoms with Crippen LogP contribution in [0.15, 0.2) is 42.9 Å². The van der Waals surface area contributed by atoms with Crippen LogP contribution in [-0.4, -0.2) is 9.55 Å².